The third-order valence-electron chi connectivity index (χ3n) is 1.25. The molecule has 0 bridgehead atoms. The van der Waals surface area contributed by atoms with Crippen LogP contribution in [0.25, 0.3) is 0 Å². The highest BCUT2D eigenvalue weighted by atomic mass is 19.4. The topological polar surface area (TPSA) is 29.1 Å². The fourth-order valence-corrected chi connectivity index (χ4v) is 0.408. The summed E-state index contributed by atoms with van der Waals surface area (Å²) in [4.78, 5) is 10.2. The van der Waals surface area contributed by atoms with Crippen LogP contribution in [0.15, 0.2) is 0 Å². The summed E-state index contributed by atoms with van der Waals surface area (Å²) in [5.74, 6) is -1.87. The van der Waals surface area contributed by atoms with E-state index < -0.39 is 18.1 Å². The Balaban J connectivity index is 3.88. The van der Waals surface area contributed by atoms with E-state index in [9.17, 15) is 18.0 Å². The monoisotopic (exact) mass is 169 g/mol. The van der Waals surface area contributed by atoms with E-state index in [1.807, 2.05) is 0 Å². The highest BCUT2D eigenvalue weighted by molar-refractivity contribution is 5.81. The molecule has 0 unspecified atom stereocenters. The van der Waals surface area contributed by atoms with E-state index in [4.69, 9.17) is 0 Å². The molecule has 0 radical (unpaired) electrons. The van der Waals surface area contributed by atoms with Gasteiger partial charge >= 0.3 is 12.1 Å². The Kier molecular flexibility index (Phi) is 3.35. The zero-order valence-corrected chi connectivity index (χ0v) is 6.33. The average Bonchev–Trinajstić information content (AvgIpc) is 1.85. The van der Waals surface area contributed by atoms with Gasteiger partial charge in [-0.15, -0.1) is 0 Å². The second-order valence-electron chi connectivity index (χ2n) is 2.28. The van der Waals surface area contributed by atoms with Crippen molar-refractivity contribution in [2.75, 3.05) is 0 Å². The van der Waals surface area contributed by atoms with E-state index in [2.05, 4.69) is 0 Å². The van der Waals surface area contributed by atoms with Crippen molar-refractivity contribution in [2.45, 2.75) is 32.5 Å². The molecule has 5 heteroatoms. The van der Waals surface area contributed by atoms with Gasteiger partial charge in [-0.25, -0.2) is 0 Å². The van der Waals surface area contributed by atoms with E-state index in [1.54, 1.807) is 12.2 Å². The summed E-state index contributed by atoms with van der Waals surface area (Å²) in [6, 6.07) is -0.427. The highest BCUT2D eigenvalue weighted by Crippen LogP contribution is 2.14. The molecule has 0 aromatic rings. The number of nitrogens with one attached hydrogen (secondary N) is 1. The lowest BCUT2D eigenvalue weighted by atomic mass is 10.2. The number of carbonyl (C=O) groups excluding carboxylic acids is 1. The molecule has 1 amide bonds. The van der Waals surface area contributed by atoms with Crippen LogP contribution in [0.2, 0.25) is 0 Å². The van der Waals surface area contributed by atoms with Crippen LogP contribution in [0, 0.1) is 0 Å². The van der Waals surface area contributed by atoms with Gasteiger partial charge in [0.25, 0.3) is 0 Å². The normalized spacial score (nSPS) is 14.3. The van der Waals surface area contributed by atoms with Crippen LogP contribution in [-0.2, 0) is 4.79 Å². The zero-order valence-electron chi connectivity index (χ0n) is 6.33. The van der Waals surface area contributed by atoms with Crippen LogP contribution in [0.1, 0.15) is 20.3 Å². The first kappa shape index (κ1) is 10.3. The molecule has 0 aliphatic carbocycles. The molecule has 0 aromatic heterocycles. The van der Waals surface area contributed by atoms with Crippen molar-refractivity contribution >= 4 is 5.91 Å². The molecule has 11 heavy (non-hydrogen) atoms. The average molecular weight is 169 g/mol. The summed E-state index contributed by atoms with van der Waals surface area (Å²) < 4.78 is 34.6. The van der Waals surface area contributed by atoms with Gasteiger partial charge in [-0.2, -0.15) is 13.2 Å². The van der Waals surface area contributed by atoms with Crippen LogP contribution in [0.5, 0.6) is 0 Å². The molecule has 0 aliphatic rings. The van der Waals surface area contributed by atoms with E-state index in [1.165, 1.54) is 6.92 Å². The number of alkyl halides is 3. The molecule has 0 rings (SSSR count). The van der Waals surface area contributed by atoms with Gasteiger partial charge in [0.05, 0.1) is 0 Å². The molecular weight excluding hydrogens is 159 g/mol. The maximum absolute atomic E-state index is 11.5. The Morgan fingerprint density at radius 2 is 2.00 bits per heavy atom. The molecule has 1 N–H and O–H groups in total. The largest absolute Gasteiger partial charge is 0.471 e. The number of hydrogen-bond donors (Lipinski definition) is 1. The predicted molar refractivity (Wildman–Crippen MR) is 34.0 cm³/mol. The van der Waals surface area contributed by atoms with E-state index in [0.29, 0.717) is 6.42 Å². The quantitative estimate of drug-likeness (QED) is 0.666. The minimum Gasteiger partial charge on any atom is -0.346 e. The lowest BCUT2D eigenvalue weighted by Gasteiger charge is -2.12. The maximum Gasteiger partial charge on any atom is 0.471 e. The second kappa shape index (κ2) is 3.59. The zero-order chi connectivity index (χ0) is 9.07. The van der Waals surface area contributed by atoms with Gasteiger partial charge in [0.1, 0.15) is 0 Å². The summed E-state index contributed by atoms with van der Waals surface area (Å²) in [7, 11) is 0. The first-order valence-electron chi connectivity index (χ1n) is 3.25. The van der Waals surface area contributed by atoms with Crippen LogP contribution in [0.4, 0.5) is 13.2 Å². The summed E-state index contributed by atoms with van der Waals surface area (Å²) in [6.07, 6.45) is -4.27. The standard InChI is InChI=1S/C6H10F3NO/c1-3-4(2)10-5(11)6(7,8)9/h4H,3H2,1-2H3,(H,10,11)/t4-/m1/s1. The summed E-state index contributed by atoms with van der Waals surface area (Å²) in [5, 5.41) is 1.81. The first-order chi connectivity index (χ1) is 4.88. The fourth-order valence-electron chi connectivity index (χ4n) is 0.408. The number of rotatable bonds is 2. The van der Waals surface area contributed by atoms with E-state index in [0.717, 1.165) is 0 Å². The highest BCUT2D eigenvalue weighted by Gasteiger charge is 2.38. The molecule has 0 saturated heterocycles. The lowest BCUT2D eigenvalue weighted by Crippen LogP contribution is -2.41. The maximum atomic E-state index is 11.5. The van der Waals surface area contributed by atoms with Crippen molar-refractivity contribution < 1.29 is 18.0 Å². The van der Waals surface area contributed by atoms with E-state index >= 15 is 0 Å². The Hall–Kier alpha value is -0.740. The molecule has 0 saturated carbocycles. The Morgan fingerprint density at radius 1 is 1.55 bits per heavy atom. The summed E-state index contributed by atoms with van der Waals surface area (Å²) in [5.41, 5.74) is 0. The summed E-state index contributed by atoms with van der Waals surface area (Å²) in [6.45, 7) is 3.21. The van der Waals surface area contributed by atoms with Gasteiger partial charge in [-0.05, 0) is 13.3 Å². The van der Waals surface area contributed by atoms with Crippen molar-refractivity contribution in [3.8, 4) is 0 Å². The van der Waals surface area contributed by atoms with Gasteiger partial charge in [-0.1, -0.05) is 6.92 Å². The van der Waals surface area contributed by atoms with Crippen LogP contribution in [-0.4, -0.2) is 18.1 Å². The van der Waals surface area contributed by atoms with Crippen molar-refractivity contribution in [2.24, 2.45) is 0 Å². The second-order valence-corrected chi connectivity index (χ2v) is 2.28. The third kappa shape index (κ3) is 3.85. The predicted octanol–water partition coefficient (Wildman–Crippen LogP) is 1.46. The Bertz CT molecular complexity index is 143. The van der Waals surface area contributed by atoms with Crippen LogP contribution >= 0.6 is 0 Å². The molecule has 1 atom stereocenters. The molecule has 0 heterocycles. The van der Waals surface area contributed by atoms with Gasteiger partial charge in [0, 0.05) is 6.04 Å². The molecule has 0 aromatic carbocycles. The number of carbonyl (C=O) groups is 1. The van der Waals surface area contributed by atoms with Gasteiger partial charge in [-0.3, -0.25) is 4.79 Å². The lowest BCUT2D eigenvalue weighted by molar-refractivity contribution is -0.174. The number of amides is 1. The SMILES string of the molecule is CC[C@@H](C)NC(=O)C(F)(F)F. The van der Waals surface area contributed by atoms with E-state index in [-0.39, 0.29) is 0 Å². The smallest absolute Gasteiger partial charge is 0.346 e. The van der Waals surface area contributed by atoms with Crippen molar-refractivity contribution in [3.05, 3.63) is 0 Å². The Morgan fingerprint density at radius 3 is 2.27 bits per heavy atom. The van der Waals surface area contributed by atoms with Gasteiger partial charge in [0.2, 0.25) is 0 Å². The van der Waals surface area contributed by atoms with Crippen LogP contribution in [0.3, 0.4) is 0 Å². The molecule has 66 valence electrons. The molecule has 0 spiro atoms. The van der Waals surface area contributed by atoms with Gasteiger partial charge in [0.15, 0.2) is 0 Å². The minimum atomic E-state index is -4.76. The number of halogens is 3. The van der Waals surface area contributed by atoms with Crippen molar-refractivity contribution in [1.82, 2.24) is 5.32 Å². The molecule has 0 fully saturated rings. The van der Waals surface area contributed by atoms with Crippen LogP contribution < -0.4 is 5.32 Å². The fraction of sp³-hybridized carbons (Fsp3) is 0.833. The summed E-state index contributed by atoms with van der Waals surface area (Å²) >= 11 is 0. The third-order valence-corrected chi connectivity index (χ3v) is 1.25. The molecular formula is C6H10F3NO. The molecule has 0 aliphatic heterocycles. The minimum absolute atomic E-state index is 0.427. The number of hydrogen-bond acceptors (Lipinski definition) is 1. The molecule has 2 nitrogen and oxygen atoms in total. The van der Waals surface area contributed by atoms with Crippen molar-refractivity contribution in [1.29, 1.82) is 0 Å². The van der Waals surface area contributed by atoms with Gasteiger partial charge < -0.3 is 5.32 Å². The first-order valence-corrected chi connectivity index (χ1v) is 3.25. The van der Waals surface area contributed by atoms with Crippen molar-refractivity contribution in [3.63, 3.8) is 0 Å². The Labute approximate surface area is 62.8 Å².